The van der Waals surface area contributed by atoms with Crippen molar-refractivity contribution >= 4 is 29.3 Å². The first-order valence-electron chi connectivity index (χ1n) is 9.47. The third-order valence-electron chi connectivity index (χ3n) is 4.32. The van der Waals surface area contributed by atoms with Crippen molar-refractivity contribution in [3.63, 3.8) is 0 Å². The second-order valence-corrected chi connectivity index (χ2v) is 7.66. The lowest BCUT2D eigenvalue weighted by molar-refractivity contribution is -0.132. The summed E-state index contributed by atoms with van der Waals surface area (Å²) in [6.45, 7) is 7.29. The number of carbonyl (C=O) groups excluding carboxylic acids is 2. The lowest BCUT2D eigenvalue weighted by atomic mass is 10.2. The minimum atomic E-state index is -0.271. The number of aromatic nitrogens is 3. The molecular weight excluding hydrogens is 394 g/mol. The molecule has 0 atom stereocenters. The third-order valence-corrected chi connectivity index (χ3v) is 5.26. The molecular formula is C19H25N5O4S. The van der Waals surface area contributed by atoms with Gasteiger partial charge in [0.25, 0.3) is 0 Å². The molecule has 10 heteroatoms. The molecule has 0 saturated carbocycles. The predicted octanol–water partition coefficient (Wildman–Crippen LogP) is 2.21. The first-order chi connectivity index (χ1) is 14.0. The highest BCUT2D eigenvalue weighted by molar-refractivity contribution is 7.99. The normalized spacial score (nSPS) is 12.7. The zero-order valence-electron chi connectivity index (χ0n) is 16.8. The number of nitrogens with zero attached hydrogens (tertiary/aromatic N) is 4. The van der Waals surface area contributed by atoms with Crippen LogP contribution < -0.4 is 14.8 Å². The lowest BCUT2D eigenvalue weighted by Gasteiger charge is -2.21. The number of anilines is 1. The maximum absolute atomic E-state index is 12.6. The van der Waals surface area contributed by atoms with Gasteiger partial charge in [0.15, 0.2) is 16.7 Å². The molecule has 1 aliphatic rings. The van der Waals surface area contributed by atoms with Crippen LogP contribution in [-0.4, -0.2) is 63.5 Å². The first-order valence-corrected chi connectivity index (χ1v) is 10.5. The van der Waals surface area contributed by atoms with Crippen LogP contribution in [0.2, 0.25) is 0 Å². The quantitative estimate of drug-likeness (QED) is 0.655. The Morgan fingerprint density at radius 2 is 2.03 bits per heavy atom. The summed E-state index contributed by atoms with van der Waals surface area (Å²) >= 11 is 1.32. The van der Waals surface area contributed by atoms with Crippen molar-refractivity contribution in [1.29, 1.82) is 0 Å². The third kappa shape index (κ3) is 5.41. The zero-order chi connectivity index (χ0) is 20.8. The van der Waals surface area contributed by atoms with Crippen LogP contribution in [0.25, 0.3) is 0 Å². The number of ether oxygens (including phenoxy) is 2. The van der Waals surface area contributed by atoms with Gasteiger partial charge < -0.3 is 24.3 Å². The van der Waals surface area contributed by atoms with Gasteiger partial charge in [0, 0.05) is 24.3 Å². The molecule has 2 heterocycles. The van der Waals surface area contributed by atoms with Crippen molar-refractivity contribution < 1.29 is 19.1 Å². The minimum absolute atomic E-state index is 0.0266. The highest BCUT2D eigenvalue weighted by atomic mass is 32.2. The molecule has 2 amide bonds. The topological polar surface area (TPSA) is 98.6 Å². The predicted molar refractivity (Wildman–Crippen MR) is 109 cm³/mol. The maximum atomic E-state index is 12.6. The number of hydrogen-bond donors (Lipinski definition) is 1. The van der Waals surface area contributed by atoms with E-state index in [2.05, 4.69) is 15.5 Å². The molecule has 0 fully saturated rings. The van der Waals surface area contributed by atoms with Crippen LogP contribution in [0.1, 0.15) is 26.8 Å². The molecule has 1 aliphatic heterocycles. The summed E-state index contributed by atoms with van der Waals surface area (Å²) in [6.07, 6.45) is 1.65. The Morgan fingerprint density at radius 1 is 1.28 bits per heavy atom. The van der Waals surface area contributed by atoms with Gasteiger partial charge in [-0.25, -0.2) is 0 Å². The van der Waals surface area contributed by atoms with E-state index in [9.17, 15) is 9.59 Å². The van der Waals surface area contributed by atoms with Gasteiger partial charge in [0.1, 0.15) is 19.5 Å². The Balaban J connectivity index is 1.53. The van der Waals surface area contributed by atoms with Gasteiger partial charge in [-0.05, 0) is 32.9 Å². The van der Waals surface area contributed by atoms with Gasteiger partial charge in [0.05, 0.1) is 12.3 Å². The van der Waals surface area contributed by atoms with Crippen molar-refractivity contribution in [2.75, 3.05) is 37.4 Å². The van der Waals surface area contributed by atoms with Crippen molar-refractivity contribution in [3.05, 3.63) is 24.5 Å². The summed E-state index contributed by atoms with van der Waals surface area (Å²) in [5.41, 5.74) is 0.599. The highest BCUT2D eigenvalue weighted by Crippen LogP contribution is 2.32. The van der Waals surface area contributed by atoms with Crippen molar-refractivity contribution in [3.8, 4) is 11.5 Å². The average molecular weight is 420 g/mol. The SMILES string of the molecule is CCN(CC(=O)Nc1ccc2c(c1)OCCO2)C(=O)CSc1nncn1C(C)C. The Kier molecular flexibility index (Phi) is 6.97. The number of amides is 2. The Bertz CT molecular complexity index is 870. The Morgan fingerprint density at radius 3 is 2.76 bits per heavy atom. The number of likely N-dealkylation sites (N-methyl/N-ethyl adjacent to an activating group) is 1. The standard InChI is InChI=1S/C19H25N5O4S/c1-4-23(18(26)11-29-19-22-20-12-24(19)13(2)3)10-17(25)21-14-5-6-15-16(9-14)28-8-7-27-15/h5-6,9,12-13H,4,7-8,10-11H2,1-3H3,(H,21,25). The minimum Gasteiger partial charge on any atom is -0.486 e. The summed E-state index contributed by atoms with van der Waals surface area (Å²) in [7, 11) is 0. The summed E-state index contributed by atoms with van der Waals surface area (Å²) in [5.74, 6) is 1.05. The fraction of sp³-hybridized carbons (Fsp3) is 0.474. The van der Waals surface area contributed by atoms with Crippen LogP contribution in [0.4, 0.5) is 5.69 Å². The van der Waals surface area contributed by atoms with Gasteiger partial charge in [-0.15, -0.1) is 10.2 Å². The molecule has 0 aliphatic carbocycles. The van der Waals surface area contributed by atoms with Crippen molar-refractivity contribution in [2.45, 2.75) is 32.0 Å². The highest BCUT2D eigenvalue weighted by Gasteiger charge is 2.19. The fourth-order valence-electron chi connectivity index (χ4n) is 2.78. The van der Waals surface area contributed by atoms with Gasteiger partial charge >= 0.3 is 0 Å². The van der Waals surface area contributed by atoms with Crippen molar-refractivity contribution in [2.24, 2.45) is 0 Å². The number of carbonyl (C=O) groups is 2. The van der Waals surface area contributed by atoms with E-state index in [1.165, 1.54) is 16.7 Å². The van der Waals surface area contributed by atoms with Crippen LogP contribution >= 0.6 is 11.8 Å². The van der Waals surface area contributed by atoms with Crippen LogP contribution in [-0.2, 0) is 9.59 Å². The van der Waals surface area contributed by atoms with E-state index in [-0.39, 0.29) is 30.2 Å². The number of thioether (sulfide) groups is 1. The molecule has 1 N–H and O–H groups in total. The smallest absolute Gasteiger partial charge is 0.243 e. The lowest BCUT2D eigenvalue weighted by Crippen LogP contribution is -2.38. The van der Waals surface area contributed by atoms with E-state index in [1.54, 1.807) is 24.5 Å². The summed E-state index contributed by atoms with van der Waals surface area (Å²) in [4.78, 5) is 26.5. The first kappa shape index (κ1) is 21.0. The fourth-order valence-corrected chi connectivity index (χ4v) is 3.73. The molecule has 0 saturated heterocycles. The van der Waals surface area contributed by atoms with Gasteiger partial charge in [-0.3, -0.25) is 9.59 Å². The molecule has 3 rings (SSSR count). The molecule has 9 nitrogen and oxygen atoms in total. The summed E-state index contributed by atoms with van der Waals surface area (Å²) in [6, 6.07) is 5.44. The van der Waals surface area contributed by atoms with Crippen LogP contribution in [0.3, 0.4) is 0 Å². The van der Waals surface area contributed by atoms with E-state index in [0.29, 0.717) is 42.1 Å². The van der Waals surface area contributed by atoms with Crippen molar-refractivity contribution in [1.82, 2.24) is 19.7 Å². The molecule has 0 radical (unpaired) electrons. The van der Waals surface area contributed by atoms with Gasteiger partial charge in [-0.1, -0.05) is 11.8 Å². The second-order valence-electron chi connectivity index (χ2n) is 6.72. The second kappa shape index (κ2) is 9.64. The van der Waals surface area contributed by atoms with E-state index in [4.69, 9.17) is 9.47 Å². The number of rotatable bonds is 8. The largest absolute Gasteiger partial charge is 0.486 e. The Labute approximate surface area is 173 Å². The van der Waals surface area contributed by atoms with Crippen LogP contribution in [0.15, 0.2) is 29.7 Å². The van der Waals surface area contributed by atoms with Crippen LogP contribution in [0, 0.1) is 0 Å². The molecule has 1 aromatic carbocycles. The maximum Gasteiger partial charge on any atom is 0.243 e. The van der Waals surface area contributed by atoms with E-state index >= 15 is 0 Å². The molecule has 0 unspecified atom stereocenters. The zero-order valence-corrected chi connectivity index (χ0v) is 17.6. The molecule has 2 aromatic rings. The van der Waals surface area contributed by atoms with Crippen LogP contribution in [0.5, 0.6) is 11.5 Å². The molecule has 29 heavy (non-hydrogen) atoms. The summed E-state index contributed by atoms with van der Waals surface area (Å²) < 4.78 is 12.9. The van der Waals surface area contributed by atoms with Gasteiger partial charge in [-0.2, -0.15) is 0 Å². The molecule has 156 valence electrons. The number of benzene rings is 1. The number of fused-ring (bicyclic) bond motifs is 1. The molecule has 0 spiro atoms. The summed E-state index contributed by atoms with van der Waals surface area (Å²) in [5, 5.41) is 11.4. The van der Waals surface area contributed by atoms with E-state index in [0.717, 1.165) is 0 Å². The number of hydrogen-bond acceptors (Lipinski definition) is 7. The van der Waals surface area contributed by atoms with E-state index < -0.39 is 0 Å². The van der Waals surface area contributed by atoms with E-state index in [1.807, 2.05) is 25.3 Å². The monoisotopic (exact) mass is 419 g/mol. The molecule has 1 aromatic heterocycles. The Hall–Kier alpha value is -2.75. The van der Waals surface area contributed by atoms with Gasteiger partial charge in [0.2, 0.25) is 11.8 Å². The average Bonchev–Trinajstić information content (AvgIpc) is 3.19. The number of nitrogens with one attached hydrogen (secondary N) is 1. The molecule has 0 bridgehead atoms.